The summed E-state index contributed by atoms with van der Waals surface area (Å²) in [6.07, 6.45) is 6.08. The van der Waals surface area contributed by atoms with E-state index in [1.807, 2.05) is 0 Å². The lowest BCUT2D eigenvalue weighted by Gasteiger charge is -2.20. The molecule has 0 spiro atoms. The molecule has 0 aromatic carbocycles. The molecule has 0 N–H and O–H groups in total. The molecule has 78 valence electrons. The molecular weight excluding hydrogens is 174 g/mol. The van der Waals surface area contributed by atoms with Crippen LogP contribution in [0.15, 0.2) is 0 Å². The summed E-state index contributed by atoms with van der Waals surface area (Å²) in [4.78, 5) is 13.8. The van der Waals surface area contributed by atoms with Gasteiger partial charge in [-0.1, -0.05) is 13.3 Å². The van der Waals surface area contributed by atoms with E-state index in [9.17, 15) is 4.79 Å². The van der Waals surface area contributed by atoms with Crippen molar-refractivity contribution in [2.45, 2.75) is 45.1 Å². The maximum atomic E-state index is 11.6. The minimum atomic E-state index is 0.427. The van der Waals surface area contributed by atoms with Crippen molar-refractivity contribution in [1.82, 2.24) is 4.90 Å². The van der Waals surface area contributed by atoms with E-state index < -0.39 is 0 Å². The highest BCUT2D eigenvalue weighted by atomic mass is 16.2. The van der Waals surface area contributed by atoms with Crippen molar-refractivity contribution in [3.05, 3.63) is 0 Å². The Morgan fingerprint density at radius 1 is 1.36 bits per heavy atom. The zero-order valence-electron chi connectivity index (χ0n) is 8.91. The quantitative estimate of drug-likeness (QED) is 0.657. The van der Waals surface area contributed by atoms with E-state index in [1.165, 1.54) is 19.3 Å². The molecule has 0 aromatic rings. The van der Waals surface area contributed by atoms with Crippen LogP contribution in [0.5, 0.6) is 0 Å². The standard InChI is InChI=1S/C12H19NO/c1-2-9-10(8-3-4-8)7-13-11(9)5-6-12(13)14/h8-11H,2-7H2,1H3. The highest BCUT2D eigenvalue weighted by molar-refractivity contribution is 5.79. The Bertz CT molecular complexity index is 259. The second-order valence-electron chi connectivity index (χ2n) is 5.23. The number of carbonyl (C=O) groups excluding carboxylic acids is 1. The lowest BCUT2D eigenvalue weighted by Crippen LogP contribution is -2.29. The van der Waals surface area contributed by atoms with Crippen LogP contribution in [-0.2, 0) is 4.79 Å². The fourth-order valence-electron chi connectivity index (χ4n) is 3.68. The summed E-state index contributed by atoms with van der Waals surface area (Å²) in [5.74, 6) is 3.08. The lowest BCUT2D eigenvalue weighted by atomic mass is 9.84. The first-order chi connectivity index (χ1) is 6.81. The van der Waals surface area contributed by atoms with Crippen molar-refractivity contribution in [3.63, 3.8) is 0 Å². The zero-order valence-corrected chi connectivity index (χ0v) is 8.91. The third-order valence-electron chi connectivity index (χ3n) is 4.53. The first-order valence-electron chi connectivity index (χ1n) is 6.10. The number of carbonyl (C=O) groups is 1. The zero-order chi connectivity index (χ0) is 9.71. The van der Waals surface area contributed by atoms with Gasteiger partial charge in [0.25, 0.3) is 0 Å². The van der Waals surface area contributed by atoms with Crippen LogP contribution in [0.2, 0.25) is 0 Å². The fraction of sp³-hybridized carbons (Fsp3) is 0.917. The first kappa shape index (κ1) is 8.75. The van der Waals surface area contributed by atoms with Gasteiger partial charge in [-0.05, 0) is 37.0 Å². The van der Waals surface area contributed by atoms with Crippen molar-refractivity contribution >= 4 is 5.91 Å². The smallest absolute Gasteiger partial charge is 0.222 e. The number of nitrogens with zero attached hydrogens (tertiary/aromatic N) is 1. The van der Waals surface area contributed by atoms with Crippen LogP contribution in [0.1, 0.15) is 39.0 Å². The molecule has 14 heavy (non-hydrogen) atoms. The van der Waals surface area contributed by atoms with Gasteiger partial charge in [0.05, 0.1) is 0 Å². The van der Waals surface area contributed by atoms with Gasteiger partial charge in [-0.15, -0.1) is 0 Å². The van der Waals surface area contributed by atoms with Crippen LogP contribution in [-0.4, -0.2) is 23.4 Å². The minimum Gasteiger partial charge on any atom is -0.339 e. The van der Waals surface area contributed by atoms with Crippen molar-refractivity contribution in [2.24, 2.45) is 17.8 Å². The number of amides is 1. The summed E-state index contributed by atoms with van der Waals surface area (Å²) in [6, 6.07) is 0.623. The summed E-state index contributed by atoms with van der Waals surface area (Å²) in [6.45, 7) is 3.39. The monoisotopic (exact) mass is 193 g/mol. The van der Waals surface area contributed by atoms with E-state index in [4.69, 9.17) is 0 Å². The molecule has 3 rings (SSSR count). The lowest BCUT2D eigenvalue weighted by molar-refractivity contribution is -0.128. The topological polar surface area (TPSA) is 20.3 Å². The van der Waals surface area contributed by atoms with Gasteiger partial charge in [-0.25, -0.2) is 0 Å². The normalized spacial score (nSPS) is 41.9. The van der Waals surface area contributed by atoms with E-state index in [2.05, 4.69) is 11.8 Å². The van der Waals surface area contributed by atoms with Crippen LogP contribution >= 0.6 is 0 Å². The van der Waals surface area contributed by atoms with Gasteiger partial charge in [-0.2, -0.15) is 0 Å². The Morgan fingerprint density at radius 2 is 2.14 bits per heavy atom. The maximum absolute atomic E-state index is 11.6. The molecule has 0 aromatic heterocycles. The predicted molar refractivity (Wildman–Crippen MR) is 54.7 cm³/mol. The number of rotatable bonds is 2. The Morgan fingerprint density at radius 3 is 2.79 bits per heavy atom. The molecule has 2 saturated heterocycles. The highest BCUT2D eigenvalue weighted by Gasteiger charge is 2.50. The molecule has 3 atom stereocenters. The molecule has 3 aliphatic rings. The third-order valence-corrected chi connectivity index (χ3v) is 4.53. The Labute approximate surface area is 85.7 Å². The first-order valence-corrected chi connectivity index (χ1v) is 6.10. The van der Waals surface area contributed by atoms with Crippen molar-refractivity contribution in [2.75, 3.05) is 6.54 Å². The van der Waals surface area contributed by atoms with E-state index in [-0.39, 0.29) is 0 Å². The van der Waals surface area contributed by atoms with Gasteiger partial charge in [0, 0.05) is 19.0 Å². The number of hydrogen-bond acceptors (Lipinski definition) is 1. The number of hydrogen-bond donors (Lipinski definition) is 0. The molecule has 0 bridgehead atoms. The van der Waals surface area contributed by atoms with Crippen LogP contribution in [0.4, 0.5) is 0 Å². The molecule has 0 radical (unpaired) electrons. The van der Waals surface area contributed by atoms with Crippen molar-refractivity contribution in [1.29, 1.82) is 0 Å². The Balaban J connectivity index is 1.81. The van der Waals surface area contributed by atoms with E-state index >= 15 is 0 Å². The van der Waals surface area contributed by atoms with Gasteiger partial charge in [0.1, 0.15) is 0 Å². The van der Waals surface area contributed by atoms with Crippen LogP contribution in [0.25, 0.3) is 0 Å². The van der Waals surface area contributed by atoms with Gasteiger partial charge in [0.15, 0.2) is 0 Å². The Hall–Kier alpha value is -0.530. The van der Waals surface area contributed by atoms with E-state index in [0.717, 1.165) is 37.1 Å². The minimum absolute atomic E-state index is 0.427. The SMILES string of the molecule is CCC1C(C2CC2)CN2C(=O)CCC12. The molecular formula is C12H19NO. The van der Waals surface area contributed by atoms with Crippen LogP contribution in [0, 0.1) is 17.8 Å². The van der Waals surface area contributed by atoms with Crippen LogP contribution in [0.3, 0.4) is 0 Å². The van der Waals surface area contributed by atoms with Gasteiger partial charge < -0.3 is 4.90 Å². The van der Waals surface area contributed by atoms with Crippen molar-refractivity contribution < 1.29 is 4.79 Å². The fourth-order valence-corrected chi connectivity index (χ4v) is 3.68. The summed E-state index contributed by atoms with van der Waals surface area (Å²) < 4.78 is 0. The van der Waals surface area contributed by atoms with Gasteiger partial charge in [-0.3, -0.25) is 4.79 Å². The summed E-state index contributed by atoms with van der Waals surface area (Å²) in [5.41, 5.74) is 0. The maximum Gasteiger partial charge on any atom is 0.222 e. The average molecular weight is 193 g/mol. The molecule has 3 unspecified atom stereocenters. The summed E-state index contributed by atoms with van der Waals surface area (Å²) >= 11 is 0. The largest absolute Gasteiger partial charge is 0.339 e. The summed E-state index contributed by atoms with van der Waals surface area (Å²) in [5, 5.41) is 0. The average Bonchev–Trinajstić information content (AvgIpc) is 2.87. The molecule has 1 amide bonds. The van der Waals surface area contributed by atoms with Gasteiger partial charge >= 0.3 is 0 Å². The third kappa shape index (κ3) is 1.12. The predicted octanol–water partition coefficient (Wildman–Crippen LogP) is 2.04. The molecule has 2 heteroatoms. The molecule has 1 aliphatic carbocycles. The molecule has 2 heterocycles. The highest BCUT2D eigenvalue weighted by Crippen LogP contribution is 2.49. The van der Waals surface area contributed by atoms with E-state index in [0.29, 0.717) is 11.9 Å². The molecule has 1 saturated carbocycles. The van der Waals surface area contributed by atoms with Gasteiger partial charge in [0.2, 0.25) is 5.91 Å². The molecule has 2 nitrogen and oxygen atoms in total. The number of fused-ring (bicyclic) bond motifs is 1. The summed E-state index contributed by atoms with van der Waals surface area (Å²) in [7, 11) is 0. The van der Waals surface area contributed by atoms with E-state index in [1.54, 1.807) is 0 Å². The molecule has 2 aliphatic heterocycles. The second-order valence-corrected chi connectivity index (χ2v) is 5.23. The molecule has 3 fully saturated rings. The second kappa shape index (κ2) is 2.98. The van der Waals surface area contributed by atoms with Crippen molar-refractivity contribution in [3.8, 4) is 0 Å². The Kier molecular flexibility index (Phi) is 1.86. The van der Waals surface area contributed by atoms with Crippen LogP contribution < -0.4 is 0 Å².